The molecule has 0 bridgehead atoms. The first-order chi connectivity index (χ1) is 15.6. The Morgan fingerprint density at radius 3 is 2.66 bits per heavy atom. The molecule has 2 heterocycles. The zero-order valence-electron chi connectivity index (χ0n) is 17.7. The number of rotatable bonds is 6. The largest absolute Gasteiger partial charge is 0.451 e. The fourth-order valence-electron chi connectivity index (χ4n) is 3.72. The minimum Gasteiger partial charge on any atom is -0.451 e. The second kappa shape index (κ2) is 8.76. The Labute approximate surface area is 193 Å². The Hall–Kier alpha value is -3.16. The van der Waals surface area contributed by atoms with Crippen LogP contribution in [0.2, 0.25) is 0 Å². The van der Waals surface area contributed by atoms with Crippen LogP contribution in [0.25, 0.3) is 21.7 Å². The summed E-state index contributed by atoms with van der Waals surface area (Å²) in [5.74, 6) is 0.720. The molecule has 1 unspecified atom stereocenters. The summed E-state index contributed by atoms with van der Waals surface area (Å²) in [7, 11) is 0. The van der Waals surface area contributed by atoms with Crippen LogP contribution < -0.4 is 5.32 Å². The molecule has 0 spiro atoms. The lowest BCUT2D eigenvalue weighted by Crippen LogP contribution is -2.27. The number of carbonyl (C=O) groups is 1. The number of amides is 1. The number of carbonyl (C=O) groups excluding carboxylic acids is 1. The minimum absolute atomic E-state index is 0.161. The molecule has 0 aliphatic heterocycles. The van der Waals surface area contributed by atoms with Gasteiger partial charge in [0.2, 0.25) is 0 Å². The molecule has 0 aliphatic rings. The summed E-state index contributed by atoms with van der Waals surface area (Å²) in [5.41, 5.74) is 2.63. The van der Waals surface area contributed by atoms with E-state index in [0.29, 0.717) is 17.1 Å². The van der Waals surface area contributed by atoms with E-state index in [1.54, 1.807) is 23.1 Å². The number of aryl methyl sites for hydroxylation is 1. The summed E-state index contributed by atoms with van der Waals surface area (Å²) in [6, 6.07) is 22.1. The molecule has 3 aromatic carbocycles. The first kappa shape index (κ1) is 20.7. The summed E-state index contributed by atoms with van der Waals surface area (Å²) < 4.78 is 6.88. The number of hydrogen-bond donors (Lipinski definition) is 1. The summed E-state index contributed by atoms with van der Waals surface area (Å²) in [4.78, 5) is 13.3. The van der Waals surface area contributed by atoms with Crippen molar-refractivity contribution in [3.05, 3.63) is 88.6 Å². The van der Waals surface area contributed by atoms with Gasteiger partial charge >= 0.3 is 0 Å². The van der Waals surface area contributed by atoms with Crippen LogP contribution in [0.15, 0.2) is 75.5 Å². The van der Waals surface area contributed by atoms with Crippen molar-refractivity contribution in [2.24, 2.45) is 0 Å². The van der Waals surface area contributed by atoms with Crippen molar-refractivity contribution in [2.75, 3.05) is 0 Å². The highest BCUT2D eigenvalue weighted by Crippen LogP contribution is 2.33. The Morgan fingerprint density at radius 2 is 1.84 bits per heavy atom. The fraction of sp³-hybridized carbons (Fsp3) is 0.160. The summed E-state index contributed by atoms with van der Waals surface area (Å²) in [6.45, 7) is 3.92. The van der Waals surface area contributed by atoms with Gasteiger partial charge in [0, 0.05) is 16.7 Å². The van der Waals surface area contributed by atoms with Crippen molar-refractivity contribution in [1.29, 1.82) is 0 Å². The van der Waals surface area contributed by atoms with E-state index < -0.39 is 0 Å². The van der Waals surface area contributed by atoms with Crippen LogP contribution in [0.4, 0.5) is 0 Å². The Bertz CT molecular complexity index is 1420. The average Bonchev–Trinajstić information content (AvgIpc) is 3.40. The minimum atomic E-state index is -0.217. The Morgan fingerprint density at radius 1 is 1.06 bits per heavy atom. The number of benzene rings is 3. The zero-order valence-corrected chi connectivity index (χ0v) is 19.3. The normalized spacial score (nSPS) is 12.3. The molecule has 1 amide bonds. The van der Waals surface area contributed by atoms with Gasteiger partial charge in [0.05, 0.1) is 6.04 Å². The number of nitrogens with zero attached hydrogens (tertiary/aromatic N) is 2. The zero-order chi connectivity index (χ0) is 22.1. The van der Waals surface area contributed by atoms with Crippen LogP contribution in [0.3, 0.4) is 0 Å². The third kappa shape index (κ3) is 4.13. The Balaban J connectivity index is 1.41. The molecular weight excluding hydrogens is 438 g/mol. The molecule has 1 N–H and O–H groups in total. The van der Waals surface area contributed by atoms with E-state index >= 15 is 0 Å². The molecule has 160 valence electrons. The SMILES string of the molecule is Cc1nnc(SCc2c(C(=O)NC(C)c3ccc4ccccc4c3)oc3ccccc23)s1. The summed E-state index contributed by atoms with van der Waals surface area (Å²) >= 11 is 3.11. The van der Waals surface area contributed by atoms with Crippen molar-refractivity contribution in [3.8, 4) is 0 Å². The number of hydrogen-bond acceptors (Lipinski definition) is 6. The molecule has 0 fully saturated rings. The van der Waals surface area contributed by atoms with Gasteiger partial charge in [-0.1, -0.05) is 77.7 Å². The number of thioether (sulfide) groups is 1. The number of para-hydroxylation sites is 1. The molecule has 0 radical (unpaired) electrons. The predicted molar refractivity (Wildman–Crippen MR) is 130 cm³/mol. The van der Waals surface area contributed by atoms with Gasteiger partial charge in [-0.25, -0.2) is 0 Å². The molecule has 0 aliphatic carbocycles. The quantitative estimate of drug-likeness (QED) is 0.292. The van der Waals surface area contributed by atoms with Crippen LogP contribution in [0, 0.1) is 6.92 Å². The van der Waals surface area contributed by atoms with E-state index in [0.717, 1.165) is 31.2 Å². The van der Waals surface area contributed by atoms with Crippen molar-refractivity contribution < 1.29 is 9.21 Å². The van der Waals surface area contributed by atoms with E-state index in [4.69, 9.17) is 4.42 Å². The van der Waals surface area contributed by atoms with E-state index in [2.05, 4.69) is 45.8 Å². The second-order valence-electron chi connectivity index (χ2n) is 7.58. The van der Waals surface area contributed by atoms with Gasteiger partial charge in [0.15, 0.2) is 10.1 Å². The average molecular weight is 460 g/mol. The van der Waals surface area contributed by atoms with Gasteiger partial charge in [-0.3, -0.25) is 4.79 Å². The molecule has 1 atom stereocenters. The van der Waals surface area contributed by atoms with E-state index in [-0.39, 0.29) is 11.9 Å². The third-order valence-electron chi connectivity index (χ3n) is 5.37. The Kier molecular flexibility index (Phi) is 5.68. The number of furan rings is 1. The van der Waals surface area contributed by atoms with Gasteiger partial charge in [-0.05, 0) is 42.3 Å². The lowest BCUT2D eigenvalue weighted by Gasteiger charge is -2.15. The first-order valence-corrected chi connectivity index (χ1v) is 12.1. The van der Waals surface area contributed by atoms with Crippen LogP contribution in [-0.4, -0.2) is 16.1 Å². The lowest BCUT2D eigenvalue weighted by molar-refractivity contribution is 0.0913. The second-order valence-corrected chi connectivity index (χ2v) is 9.99. The van der Waals surface area contributed by atoms with Crippen LogP contribution in [0.5, 0.6) is 0 Å². The van der Waals surface area contributed by atoms with E-state index in [9.17, 15) is 4.79 Å². The standard InChI is InChI=1S/C25H21N3O2S2/c1-15(18-12-11-17-7-3-4-8-19(17)13-18)26-24(29)23-21(14-31-25-28-27-16(2)32-25)20-9-5-6-10-22(20)30-23/h3-13,15H,14H2,1-2H3,(H,26,29). The summed E-state index contributed by atoms with van der Waals surface area (Å²) in [6.07, 6.45) is 0. The molecule has 5 rings (SSSR count). The predicted octanol–water partition coefficient (Wildman–Crippen LogP) is 6.53. The molecule has 0 saturated carbocycles. The number of nitrogens with one attached hydrogen (secondary N) is 1. The smallest absolute Gasteiger partial charge is 0.287 e. The number of fused-ring (bicyclic) bond motifs is 2. The topological polar surface area (TPSA) is 68.0 Å². The molecule has 32 heavy (non-hydrogen) atoms. The van der Waals surface area contributed by atoms with Gasteiger partial charge in [-0.15, -0.1) is 10.2 Å². The van der Waals surface area contributed by atoms with Crippen molar-refractivity contribution in [3.63, 3.8) is 0 Å². The molecule has 5 aromatic rings. The maximum absolute atomic E-state index is 13.3. The lowest BCUT2D eigenvalue weighted by atomic mass is 10.0. The highest BCUT2D eigenvalue weighted by molar-refractivity contribution is 8.00. The highest BCUT2D eigenvalue weighted by atomic mass is 32.2. The fourth-order valence-corrected chi connectivity index (χ4v) is 5.56. The maximum Gasteiger partial charge on any atom is 0.287 e. The van der Waals surface area contributed by atoms with Crippen molar-refractivity contribution in [2.45, 2.75) is 30.0 Å². The number of aromatic nitrogens is 2. The third-order valence-corrected chi connectivity index (χ3v) is 7.37. The van der Waals surface area contributed by atoms with Gasteiger partial charge < -0.3 is 9.73 Å². The molecule has 7 heteroatoms. The van der Waals surface area contributed by atoms with Crippen LogP contribution in [0.1, 0.15) is 39.7 Å². The molecule has 0 saturated heterocycles. The van der Waals surface area contributed by atoms with Crippen molar-refractivity contribution >= 4 is 50.7 Å². The summed E-state index contributed by atoms with van der Waals surface area (Å²) in [5, 5.41) is 15.6. The maximum atomic E-state index is 13.3. The molecule has 5 nitrogen and oxygen atoms in total. The van der Waals surface area contributed by atoms with E-state index in [1.165, 1.54) is 5.39 Å². The van der Waals surface area contributed by atoms with Crippen LogP contribution >= 0.6 is 23.1 Å². The van der Waals surface area contributed by atoms with Gasteiger partial charge in [-0.2, -0.15) is 0 Å². The highest BCUT2D eigenvalue weighted by Gasteiger charge is 2.22. The molecular formula is C25H21N3O2S2. The van der Waals surface area contributed by atoms with E-state index in [1.807, 2.05) is 50.2 Å². The van der Waals surface area contributed by atoms with Gasteiger partial charge in [0.25, 0.3) is 5.91 Å². The molecule has 2 aromatic heterocycles. The van der Waals surface area contributed by atoms with Crippen LogP contribution in [-0.2, 0) is 5.75 Å². The van der Waals surface area contributed by atoms with Crippen molar-refractivity contribution in [1.82, 2.24) is 15.5 Å². The monoisotopic (exact) mass is 459 g/mol. The first-order valence-electron chi connectivity index (χ1n) is 10.3. The van der Waals surface area contributed by atoms with Gasteiger partial charge in [0.1, 0.15) is 10.6 Å².